The van der Waals surface area contributed by atoms with E-state index in [1.807, 2.05) is 4.90 Å². The highest BCUT2D eigenvalue weighted by Gasteiger charge is 2.39. The zero-order valence-electron chi connectivity index (χ0n) is 13.7. The van der Waals surface area contributed by atoms with Crippen LogP contribution in [0.5, 0.6) is 0 Å². The SMILES string of the molecule is CCC1CN(C(=O)c2nc(C)ncc2Cl)CC1N1CCOCC1. The van der Waals surface area contributed by atoms with Crippen LogP contribution in [0, 0.1) is 12.8 Å². The highest BCUT2D eigenvalue weighted by Crippen LogP contribution is 2.27. The number of hydrogen-bond donors (Lipinski definition) is 0. The number of aromatic nitrogens is 2. The summed E-state index contributed by atoms with van der Waals surface area (Å²) in [5.41, 5.74) is 0.316. The molecule has 0 aromatic carbocycles. The molecule has 1 aromatic heterocycles. The molecular formula is C16H23ClN4O2. The summed E-state index contributed by atoms with van der Waals surface area (Å²) in [6.45, 7) is 8.88. The summed E-state index contributed by atoms with van der Waals surface area (Å²) >= 11 is 6.13. The van der Waals surface area contributed by atoms with Crippen molar-refractivity contribution in [1.29, 1.82) is 0 Å². The van der Waals surface area contributed by atoms with Crippen molar-refractivity contribution in [2.24, 2.45) is 5.92 Å². The van der Waals surface area contributed by atoms with Crippen molar-refractivity contribution in [3.8, 4) is 0 Å². The molecule has 2 unspecified atom stereocenters. The van der Waals surface area contributed by atoms with E-state index in [0.717, 1.165) is 45.8 Å². The lowest BCUT2D eigenvalue weighted by Crippen LogP contribution is -2.47. The van der Waals surface area contributed by atoms with Crippen molar-refractivity contribution in [1.82, 2.24) is 19.8 Å². The Morgan fingerprint density at radius 2 is 2.13 bits per heavy atom. The van der Waals surface area contributed by atoms with Crippen molar-refractivity contribution < 1.29 is 9.53 Å². The van der Waals surface area contributed by atoms with Crippen LogP contribution in [0.2, 0.25) is 5.02 Å². The van der Waals surface area contributed by atoms with Crippen LogP contribution in [0.25, 0.3) is 0 Å². The first-order valence-electron chi connectivity index (χ1n) is 8.20. The minimum atomic E-state index is -0.0882. The lowest BCUT2D eigenvalue weighted by Gasteiger charge is -2.34. The van der Waals surface area contributed by atoms with Gasteiger partial charge in [0.25, 0.3) is 5.91 Å². The molecule has 2 aliphatic heterocycles. The molecule has 7 heteroatoms. The number of halogens is 1. The molecule has 2 aliphatic rings. The van der Waals surface area contributed by atoms with Crippen molar-refractivity contribution in [3.05, 3.63) is 22.7 Å². The fraction of sp³-hybridized carbons (Fsp3) is 0.688. The molecule has 2 saturated heterocycles. The summed E-state index contributed by atoms with van der Waals surface area (Å²) in [4.78, 5) is 25.4. The summed E-state index contributed by atoms with van der Waals surface area (Å²) in [5, 5.41) is 0.323. The summed E-state index contributed by atoms with van der Waals surface area (Å²) < 4.78 is 5.44. The molecule has 2 atom stereocenters. The van der Waals surface area contributed by atoms with E-state index in [4.69, 9.17) is 16.3 Å². The minimum absolute atomic E-state index is 0.0882. The number of rotatable bonds is 3. The zero-order valence-corrected chi connectivity index (χ0v) is 14.4. The van der Waals surface area contributed by atoms with Gasteiger partial charge in [-0.05, 0) is 12.8 Å². The molecule has 2 fully saturated rings. The second-order valence-electron chi connectivity index (χ2n) is 6.21. The number of carbonyl (C=O) groups is 1. The summed E-state index contributed by atoms with van der Waals surface area (Å²) in [5.74, 6) is 0.960. The van der Waals surface area contributed by atoms with Crippen LogP contribution in [0.1, 0.15) is 29.7 Å². The molecule has 0 saturated carbocycles. The second kappa shape index (κ2) is 7.11. The van der Waals surface area contributed by atoms with Crippen molar-refractivity contribution in [3.63, 3.8) is 0 Å². The number of ether oxygens (including phenoxy) is 1. The van der Waals surface area contributed by atoms with Crippen LogP contribution in [0.15, 0.2) is 6.20 Å². The Labute approximate surface area is 141 Å². The number of likely N-dealkylation sites (tertiary alicyclic amines) is 1. The number of nitrogens with zero attached hydrogens (tertiary/aromatic N) is 4. The third-order valence-electron chi connectivity index (χ3n) is 4.80. The van der Waals surface area contributed by atoms with E-state index in [1.165, 1.54) is 6.20 Å². The standard InChI is InChI=1S/C16H23ClN4O2/c1-3-12-9-21(10-14(12)20-4-6-23-7-5-20)16(22)15-13(17)8-18-11(2)19-15/h8,12,14H,3-7,9-10H2,1-2H3. The summed E-state index contributed by atoms with van der Waals surface area (Å²) in [6.07, 6.45) is 2.56. The number of amides is 1. The topological polar surface area (TPSA) is 58.6 Å². The largest absolute Gasteiger partial charge is 0.379 e. The number of aryl methyl sites for hydroxylation is 1. The van der Waals surface area contributed by atoms with Gasteiger partial charge < -0.3 is 9.64 Å². The van der Waals surface area contributed by atoms with Gasteiger partial charge in [-0.1, -0.05) is 24.9 Å². The first-order chi connectivity index (χ1) is 11.1. The predicted molar refractivity (Wildman–Crippen MR) is 87.6 cm³/mol. The highest BCUT2D eigenvalue weighted by atomic mass is 35.5. The van der Waals surface area contributed by atoms with Gasteiger partial charge in [0.1, 0.15) is 5.82 Å². The molecule has 6 nitrogen and oxygen atoms in total. The maximum atomic E-state index is 12.8. The first kappa shape index (κ1) is 16.6. The van der Waals surface area contributed by atoms with Gasteiger partial charge in [0.15, 0.2) is 5.69 Å². The van der Waals surface area contributed by atoms with E-state index in [0.29, 0.717) is 28.5 Å². The average Bonchev–Trinajstić information content (AvgIpc) is 3.01. The Kier molecular flexibility index (Phi) is 5.14. The Balaban J connectivity index is 1.75. The molecule has 0 N–H and O–H groups in total. The molecule has 126 valence electrons. The van der Waals surface area contributed by atoms with Gasteiger partial charge in [-0.15, -0.1) is 0 Å². The Hall–Kier alpha value is -1.24. The zero-order chi connectivity index (χ0) is 16.4. The minimum Gasteiger partial charge on any atom is -0.379 e. The normalized spacial score (nSPS) is 25.8. The Bertz CT molecular complexity index is 577. The van der Waals surface area contributed by atoms with Gasteiger partial charge in [0.2, 0.25) is 0 Å². The molecule has 3 heterocycles. The van der Waals surface area contributed by atoms with Crippen LogP contribution < -0.4 is 0 Å². The monoisotopic (exact) mass is 338 g/mol. The lowest BCUT2D eigenvalue weighted by molar-refractivity contribution is 0.0102. The molecule has 3 rings (SSSR count). The summed E-state index contributed by atoms with van der Waals surface area (Å²) in [7, 11) is 0. The Morgan fingerprint density at radius 3 is 2.83 bits per heavy atom. The van der Waals surface area contributed by atoms with E-state index in [9.17, 15) is 4.79 Å². The molecule has 1 amide bonds. The third kappa shape index (κ3) is 3.49. The number of morpholine rings is 1. The van der Waals surface area contributed by atoms with Gasteiger partial charge in [-0.2, -0.15) is 0 Å². The third-order valence-corrected chi connectivity index (χ3v) is 5.08. The van der Waals surface area contributed by atoms with Gasteiger partial charge in [-0.3, -0.25) is 9.69 Å². The molecular weight excluding hydrogens is 316 g/mol. The van der Waals surface area contributed by atoms with E-state index in [2.05, 4.69) is 21.8 Å². The molecule has 0 spiro atoms. The molecule has 0 aliphatic carbocycles. The quantitative estimate of drug-likeness (QED) is 0.838. The van der Waals surface area contributed by atoms with Gasteiger partial charge >= 0.3 is 0 Å². The molecule has 23 heavy (non-hydrogen) atoms. The maximum Gasteiger partial charge on any atom is 0.274 e. The maximum absolute atomic E-state index is 12.8. The van der Waals surface area contributed by atoms with E-state index in [-0.39, 0.29) is 5.91 Å². The van der Waals surface area contributed by atoms with Crippen molar-refractivity contribution in [2.75, 3.05) is 39.4 Å². The lowest BCUT2D eigenvalue weighted by atomic mass is 9.99. The van der Waals surface area contributed by atoms with Crippen molar-refractivity contribution >= 4 is 17.5 Å². The molecule has 0 bridgehead atoms. The number of hydrogen-bond acceptors (Lipinski definition) is 5. The average molecular weight is 339 g/mol. The first-order valence-corrected chi connectivity index (χ1v) is 8.58. The molecule has 1 aromatic rings. The fourth-order valence-electron chi connectivity index (χ4n) is 3.50. The Morgan fingerprint density at radius 1 is 1.39 bits per heavy atom. The van der Waals surface area contributed by atoms with E-state index >= 15 is 0 Å². The van der Waals surface area contributed by atoms with Gasteiger partial charge in [0, 0.05) is 32.2 Å². The number of carbonyl (C=O) groups excluding carboxylic acids is 1. The highest BCUT2D eigenvalue weighted by molar-refractivity contribution is 6.33. The smallest absolute Gasteiger partial charge is 0.274 e. The predicted octanol–water partition coefficient (Wildman–Crippen LogP) is 1.62. The van der Waals surface area contributed by atoms with Crippen LogP contribution in [-0.2, 0) is 4.74 Å². The summed E-state index contributed by atoms with van der Waals surface area (Å²) in [6, 6.07) is 0.398. The van der Waals surface area contributed by atoms with Gasteiger partial charge in [-0.25, -0.2) is 9.97 Å². The van der Waals surface area contributed by atoms with Crippen LogP contribution >= 0.6 is 11.6 Å². The van der Waals surface area contributed by atoms with E-state index in [1.54, 1.807) is 6.92 Å². The second-order valence-corrected chi connectivity index (χ2v) is 6.62. The van der Waals surface area contributed by atoms with Crippen LogP contribution in [0.3, 0.4) is 0 Å². The van der Waals surface area contributed by atoms with Crippen molar-refractivity contribution in [2.45, 2.75) is 26.3 Å². The van der Waals surface area contributed by atoms with E-state index < -0.39 is 0 Å². The molecule has 0 radical (unpaired) electrons. The van der Waals surface area contributed by atoms with Crippen LogP contribution in [-0.4, -0.2) is 71.1 Å². The fourth-order valence-corrected chi connectivity index (χ4v) is 3.67. The van der Waals surface area contributed by atoms with Gasteiger partial charge in [0.05, 0.1) is 24.4 Å². The van der Waals surface area contributed by atoms with Crippen LogP contribution in [0.4, 0.5) is 0 Å².